The normalized spacial score (nSPS) is 13.0. The second-order valence-corrected chi connectivity index (χ2v) is 4.57. The highest BCUT2D eigenvalue weighted by molar-refractivity contribution is 5.94. The maximum absolute atomic E-state index is 12.4. The second kappa shape index (κ2) is 5.59. The van der Waals surface area contributed by atoms with E-state index in [1.165, 1.54) is 0 Å². The first-order valence-corrected chi connectivity index (χ1v) is 6.18. The summed E-state index contributed by atoms with van der Waals surface area (Å²) in [4.78, 5) is 15.2. The first-order valence-electron chi connectivity index (χ1n) is 6.18. The molecule has 21 heavy (non-hydrogen) atoms. The minimum absolute atomic E-state index is 0.0538. The van der Waals surface area contributed by atoms with Crippen molar-refractivity contribution < 1.29 is 22.4 Å². The Morgan fingerprint density at radius 3 is 2.48 bits per heavy atom. The van der Waals surface area contributed by atoms with Crippen molar-refractivity contribution in [3.63, 3.8) is 0 Å². The summed E-state index contributed by atoms with van der Waals surface area (Å²) in [7, 11) is 0. The quantitative estimate of drug-likeness (QED) is 0.943. The summed E-state index contributed by atoms with van der Waals surface area (Å²) in [5, 5.41) is 2.63. The molecule has 0 spiro atoms. The molecule has 0 aliphatic rings. The van der Waals surface area contributed by atoms with Crippen molar-refractivity contribution in [3.8, 4) is 0 Å². The molecule has 2 heterocycles. The lowest BCUT2D eigenvalue weighted by Crippen LogP contribution is -2.26. The van der Waals surface area contributed by atoms with Crippen molar-refractivity contribution in [3.05, 3.63) is 53.2 Å². The number of nitrogens with one attached hydrogen (secondary N) is 1. The number of alkyl halides is 3. The van der Waals surface area contributed by atoms with Crippen LogP contribution in [0.5, 0.6) is 0 Å². The Balaban J connectivity index is 2.06. The molecule has 2 rings (SSSR count). The predicted molar refractivity (Wildman–Crippen MR) is 68.6 cm³/mol. The number of nitrogens with zero attached hydrogens (tertiary/aromatic N) is 1. The van der Waals surface area contributed by atoms with Crippen LogP contribution < -0.4 is 5.32 Å². The van der Waals surface area contributed by atoms with Crippen molar-refractivity contribution >= 4 is 5.91 Å². The molecular weight excluding hydrogens is 285 g/mol. The Hall–Kier alpha value is -2.31. The van der Waals surface area contributed by atoms with Crippen LogP contribution in [-0.4, -0.2) is 10.9 Å². The molecule has 0 aliphatic carbocycles. The first-order chi connectivity index (χ1) is 9.77. The fourth-order valence-corrected chi connectivity index (χ4v) is 1.73. The summed E-state index contributed by atoms with van der Waals surface area (Å²) < 4.78 is 42.5. The highest BCUT2D eigenvalue weighted by Crippen LogP contribution is 2.27. The van der Waals surface area contributed by atoms with Gasteiger partial charge in [0.1, 0.15) is 17.2 Å². The lowest BCUT2D eigenvalue weighted by molar-refractivity contribution is -0.141. The lowest BCUT2D eigenvalue weighted by atomic mass is 10.2. The lowest BCUT2D eigenvalue weighted by Gasteiger charge is -2.12. The van der Waals surface area contributed by atoms with Crippen molar-refractivity contribution in [1.29, 1.82) is 0 Å². The molecule has 1 amide bonds. The monoisotopic (exact) mass is 298 g/mol. The Kier molecular flexibility index (Phi) is 4.02. The van der Waals surface area contributed by atoms with Gasteiger partial charge in [-0.2, -0.15) is 13.2 Å². The minimum atomic E-state index is -4.52. The summed E-state index contributed by atoms with van der Waals surface area (Å²) in [6, 6.07) is 4.96. The van der Waals surface area contributed by atoms with Gasteiger partial charge in [0.25, 0.3) is 5.91 Å². The second-order valence-electron chi connectivity index (χ2n) is 4.57. The zero-order valence-corrected chi connectivity index (χ0v) is 11.4. The number of aromatic nitrogens is 1. The summed E-state index contributed by atoms with van der Waals surface area (Å²) in [6.07, 6.45) is -3.62. The van der Waals surface area contributed by atoms with Crippen molar-refractivity contribution in [2.75, 3.05) is 0 Å². The van der Waals surface area contributed by atoms with Gasteiger partial charge >= 0.3 is 6.18 Å². The van der Waals surface area contributed by atoms with E-state index in [0.717, 1.165) is 18.3 Å². The number of aryl methyl sites for hydroxylation is 1. The molecule has 7 heteroatoms. The number of furan rings is 1. The molecule has 1 unspecified atom stereocenters. The molecule has 4 nitrogen and oxygen atoms in total. The van der Waals surface area contributed by atoms with Gasteiger partial charge in [0.15, 0.2) is 0 Å². The van der Waals surface area contributed by atoms with Gasteiger partial charge in [0.2, 0.25) is 0 Å². The number of hydrogen-bond acceptors (Lipinski definition) is 3. The van der Waals surface area contributed by atoms with Gasteiger partial charge in [0, 0.05) is 6.20 Å². The van der Waals surface area contributed by atoms with Crippen LogP contribution in [0.2, 0.25) is 0 Å². The van der Waals surface area contributed by atoms with E-state index in [0.29, 0.717) is 11.5 Å². The van der Waals surface area contributed by atoms with Gasteiger partial charge in [-0.05, 0) is 38.1 Å². The van der Waals surface area contributed by atoms with Gasteiger partial charge in [-0.1, -0.05) is 0 Å². The predicted octanol–water partition coefficient (Wildman–Crippen LogP) is 3.49. The first kappa shape index (κ1) is 15.1. The van der Waals surface area contributed by atoms with Crippen LogP contribution in [0, 0.1) is 6.92 Å². The average Bonchev–Trinajstić information content (AvgIpc) is 2.84. The third-order valence-corrected chi connectivity index (χ3v) is 2.85. The molecule has 0 aromatic carbocycles. The highest BCUT2D eigenvalue weighted by Gasteiger charge is 2.32. The molecule has 112 valence electrons. The van der Waals surface area contributed by atoms with Crippen molar-refractivity contribution in [2.24, 2.45) is 0 Å². The largest absolute Gasteiger partial charge is 0.464 e. The maximum Gasteiger partial charge on any atom is 0.433 e. The molecule has 2 aromatic heterocycles. The van der Waals surface area contributed by atoms with E-state index in [1.54, 1.807) is 26.0 Å². The van der Waals surface area contributed by atoms with E-state index in [-0.39, 0.29) is 5.56 Å². The van der Waals surface area contributed by atoms with E-state index >= 15 is 0 Å². The van der Waals surface area contributed by atoms with Crippen LogP contribution in [0.25, 0.3) is 0 Å². The van der Waals surface area contributed by atoms with Gasteiger partial charge < -0.3 is 9.73 Å². The van der Waals surface area contributed by atoms with Gasteiger partial charge in [-0.25, -0.2) is 0 Å². The fourth-order valence-electron chi connectivity index (χ4n) is 1.73. The zero-order valence-electron chi connectivity index (χ0n) is 11.4. The van der Waals surface area contributed by atoms with E-state index < -0.39 is 23.8 Å². The number of halogens is 3. The molecule has 0 fully saturated rings. The van der Waals surface area contributed by atoms with E-state index in [9.17, 15) is 18.0 Å². The minimum Gasteiger partial charge on any atom is -0.464 e. The Bertz CT molecular complexity index is 632. The molecule has 0 radical (unpaired) electrons. The molecule has 2 aromatic rings. The van der Waals surface area contributed by atoms with Gasteiger partial charge in [-0.3, -0.25) is 9.78 Å². The summed E-state index contributed by atoms with van der Waals surface area (Å²) >= 11 is 0. The standard InChI is InChI=1S/C14H13F3N2O2/c1-8-3-5-11(21-8)9(2)19-13(20)10-4-6-12(18-7-10)14(15,16)17/h3-7,9H,1-2H3,(H,19,20). The van der Waals surface area contributed by atoms with Crippen LogP contribution >= 0.6 is 0 Å². The van der Waals surface area contributed by atoms with Gasteiger partial charge in [0.05, 0.1) is 11.6 Å². The third-order valence-electron chi connectivity index (χ3n) is 2.85. The number of carbonyl (C=O) groups excluding carboxylic acids is 1. The number of pyridine rings is 1. The number of carbonyl (C=O) groups is 1. The average molecular weight is 298 g/mol. The topological polar surface area (TPSA) is 55.1 Å². The van der Waals surface area contributed by atoms with E-state index in [2.05, 4.69) is 10.3 Å². The summed E-state index contributed by atoms with van der Waals surface area (Å²) in [5.41, 5.74) is -0.980. The van der Waals surface area contributed by atoms with Gasteiger partial charge in [-0.15, -0.1) is 0 Å². The SMILES string of the molecule is Cc1ccc(C(C)NC(=O)c2ccc(C(F)(F)F)nc2)o1. The van der Waals surface area contributed by atoms with Crippen LogP contribution in [0.15, 0.2) is 34.9 Å². The van der Waals surface area contributed by atoms with Crippen LogP contribution in [-0.2, 0) is 6.18 Å². The molecule has 0 aliphatic heterocycles. The van der Waals surface area contributed by atoms with E-state index in [4.69, 9.17) is 4.42 Å². The molecule has 1 atom stereocenters. The van der Waals surface area contributed by atoms with Crippen molar-refractivity contribution in [1.82, 2.24) is 10.3 Å². The van der Waals surface area contributed by atoms with Crippen LogP contribution in [0.4, 0.5) is 13.2 Å². The Labute approximate surface area is 119 Å². The number of amides is 1. The molecule has 0 saturated carbocycles. The van der Waals surface area contributed by atoms with Crippen LogP contribution in [0.3, 0.4) is 0 Å². The molecular formula is C14H13F3N2O2. The summed E-state index contributed by atoms with van der Waals surface area (Å²) in [6.45, 7) is 3.49. The molecule has 0 bridgehead atoms. The maximum atomic E-state index is 12.4. The van der Waals surface area contributed by atoms with E-state index in [1.807, 2.05) is 0 Å². The smallest absolute Gasteiger partial charge is 0.433 e. The summed E-state index contributed by atoms with van der Waals surface area (Å²) in [5.74, 6) is 0.765. The number of rotatable bonds is 3. The molecule has 0 saturated heterocycles. The molecule has 1 N–H and O–H groups in total. The van der Waals surface area contributed by atoms with Crippen molar-refractivity contribution in [2.45, 2.75) is 26.1 Å². The third kappa shape index (κ3) is 3.62. The number of hydrogen-bond donors (Lipinski definition) is 1. The fraction of sp³-hybridized carbons (Fsp3) is 0.286. The zero-order chi connectivity index (χ0) is 15.6. The Morgan fingerprint density at radius 1 is 1.29 bits per heavy atom. The Morgan fingerprint density at radius 2 is 2.00 bits per heavy atom. The van der Waals surface area contributed by atoms with Crippen LogP contribution in [0.1, 0.15) is 40.5 Å². The highest BCUT2D eigenvalue weighted by atomic mass is 19.4.